The number of piperidine rings is 1. The lowest BCUT2D eigenvalue weighted by molar-refractivity contribution is -0.123. The molecule has 170 valence electrons. The highest BCUT2D eigenvalue weighted by Gasteiger charge is 2.63. The van der Waals surface area contributed by atoms with Crippen molar-refractivity contribution in [2.45, 2.75) is 96.5 Å². The maximum absolute atomic E-state index is 14.1. The van der Waals surface area contributed by atoms with Gasteiger partial charge in [-0.25, -0.2) is 0 Å². The van der Waals surface area contributed by atoms with E-state index in [9.17, 15) is 9.90 Å². The van der Waals surface area contributed by atoms with E-state index in [2.05, 4.69) is 39.1 Å². The standard InChI is InChI=1S/C27H39NO3/c1-14-11-21-24(28-13-14)16(3)27(31-21)10-8-19-20-6-5-17-12-18(29)7-9-26(17,4)23(20)25(30)22(19)15(27)2/h5,14,16,18-21,23-24,28-29H,6-13H2,1-4H3/t14?,16?,18-,19?,20?,21?,23?,24?,26?,27?/m0/s1. The molecule has 0 aromatic heterocycles. The van der Waals surface area contributed by atoms with E-state index in [1.54, 1.807) is 0 Å². The Labute approximate surface area is 186 Å². The molecule has 9 unspecified atom stereocenters. The van der Waals surface area contributed by atoms with Crippen LogP contribution in [0, 0.1) is 35.0 Å². The second-order valence-electron chi connectivity index (χ2n) is 12.1. The first kappa shape index (κ1) is 20.6. The highest BCUT2D eigenvalue weighted by Crippen LogP contribution is 2.63. The monoisotopic (exact) mass is 425 g/mol. The lowest BCUT2D eigenvalue weighted by Gasteiger charge is -2.48. The molecule has 2 heterocycles. The van der Waals surface area contributed by atoms with E-state index in [4.69, 9.17) is 4.74 Å². The van der Waals surface area contributed by atoms with Crippen LogP contribution in [0.15, 0.2) is 22.8 Å². The summed E-state index contributed by atoms with van der Waals surface area (Å²) in [7, 11) is 0. The van der Waals surface area contributed by atoms with E-state index in [-0.39, 0.29) is 29.1 Å². The van der Waals surface area contributed by atoms with Crippen LogP contribution in [0.25, 0.3) is 0 Å². The van der Waals surface area contributed by atoms with Crippen molar-refractivity contribution >= 4 is 5.78 Å². The molecule has 4 aliphatic carbocycles. The third kappa shape index (κ3) is 2.62. The molecular weight excluding hydrogens is 386 g/mol. The van der Waals surface area contributed by atoms with Crippen molar-refractivity contribution in [1.82, 2.24) is 5.32 Å². The van der Waals surface area contributed by atoms with Crippen molar-refractivity contribution in [2.75, 3.05) is 6.54 Å². The maximum atomic E-state index is 14.1. The first-order valence-corrected chi connectivity index (χ1v) is 12.8. The lowest BCUT2D eigenvalue weighted by Crippen LogP contribution is -2.49. The van der Waals surface area contributed by atoms with Gasteiger partial charge in [-0.1, -0.05) is 32.4 Å². The molecule has 0 aromatic rings. The SMILES string of the molecule is CC1=C2C(=O)C3C(CC=C4C[C@@H](O)CCC43C)C2CCC12OC1CC(C)CNC1C2C. The van der Waals surface area contributed by atoms with Crippen LogP contribution in [0.2, 0.25) is 0 Å². The van der Waals surface area contributed by atoms with Crippen molar-refractivity contribution in [3.63, 3.8) is 0 Å². The Morgan fingerprint density at radius 2 is 2.03 bits per heavy atom. The summed E-state index contributed by atoms with van der Waals surface area (Å²) in [6, 6.07) is 0.410. The van der Waals surface area contributed by atoms with E-state index < -0.39 is 0 Å². The minimum atomic E-state index is -0.263. The number of carbonyl (C=O) groups is 1. The van der Waals surface area contributed by atoms with Gasteiger partial charge < -0.3 is 15.2 Å². The normalized spacial score (nSPS) is 53.7. The van der Waals surface area contributed by atoms with Crippen molar-refractivity contribution in [2.24, 2.45) is 35.0 Å². The Kier molecular flexibility index (Phi) is 4.51. The molecule has 4 heteroatoms. The molecule has 10 atom stereocenters. The molecule has 0 radical (unpaired) electrons. The lowest BCUT2D eigenvalue weighted by atomic mass is 9.56. The molecule has 1 spiro atoms. The largest absolute Gasteiger partial charge is 0.393 e. The molecule has 6 rings (SSSR count). The molecule has 2 saturated heterocycles. The number of hydrogen-bond donors (Lipinski definition) is 2. The predicted molar refractivity (Wildman–Crippen MR) is 120 cm³/mol. The predicted octanol–water partition coefficient (Wildman–Crippen LogP) is 4.18. The van der Waals surface area contributed by atoms with Crippen LogP contribution in [0.1, 0.15) is 72.6 Å². The van der Waals surface area contributed by atoms with Gasteiger partial charge in [0.25, 0.3) is 0 Å². The average Bonchev–Trinajstić information content (AvgIpc) is 3.18. The molecular formula is C27H39NO3. The molecule has 4 nitrogen and oxygen atoms in total. The summed E-state index contributed by atoms with van der Waals surface area (Å²) in [5.74, 6) is 2.41. The summed E-state index contributed by atoms with van der Waals surface area (Å²) in [5, 5.41) is 14.0. The quantitative estimate of drug-likeness (QED) is 0.572. The van der Waals surface area contributed by atoms with Gasteiger partial charge in [-0.05, 0) is 87.2 Å². The highest BCUT2D eigenvalue weighted by atomic mass is 16.5. The number of allylic oxidation sites excluding steroid dienone is 2. The fourth-order valence-electron chi connectivity index (χ4n) is 8.93. The Bertz CT molecular complexity index is 876. The second kappa shape index (κ2) is 6.77. The van der Waals surface area contributed by atoms with Gasteiger partial charge in [0, 0.05) is 23.5 Å². The Morgan fingerprint density at radius 1 is 1.23 bits per heavy atom. The molecule has 0 amide bonds. The molecule has 2 saturated carbocycles. The number of Topliss-reactive ketones (excluding diaryl/α,β-unsaturated/α-hetero) is 1. The smallest absolute Gasteiger partial charge is 0.163 e. The molecule has 0 bridgehead atoms. The van der Waals surface area contributed by atoms with Gasteiger partial charge in [0.2, 0.25) is 0 Å². The van der Waals surface area contributed by atoms with E-state index in [0.29, 0.717) is 35.5 Å². The zero-order chi connectivity index (χ0) is 21.7. The van der Waals surface area contributed by atoms with Crippen molar-refractivity contribution in [1.29, 1.82) is 0 Å². The maximum Gasteiger partial charge on any atom is 0.163 e. The van der Waals surface area contributed by atoms with Gasteiger partial charge in [0.15, 0.2) is 5.78 Å². The van der Waals surface area contributed by atoms with Crippen LogP contribution in [0.4, 0.5) is 0 Å². The second-order valence-corrected chi connectivity index (χ2v) is 12.1. The number of carbonyl (C=O) groups excluding carboxylic acids is 1. The van der Waals surface area contributed by atoms with Gasteiger partial charge in [-0.15, -0.1) is 0 Å². The molecule has 2 N–H and O–H groups in total. The fourth-order valence-corrected chi connectivity index (χ4v) is 8.93. The number of ketones is 1. The van der Waals surface area contributed by atoms with Gasteiger partial charge in [0.1, 0.15) is 0 Å². The van der Waals surface area contributed by atoms with Crippen molar-refractivity contribution in [3.8, 4) is 0 Å². The van der Waals surface area contributed by atoms with Crippen molar-refractivity contribution < 1.29 is 14.6 Å². The summed E-state index contributed by atoms with van der Waals surface area (Å²) in [6.45, 7) is 10.3. The number of nitrogens with one attached hydrogen (secondary N) is 1. The molecule has 2 aliphatic heterocycles. The third-order valence-electron chi connectivity index (χ3n) is 10.6. The van der Waals surface area contributed by atoms with Crippen LogP contribution < -0.4 is 5.32 Å². The molecule has 4 fully saturated rings. The van der Waals surface area contributed by atoms with Gasteiger partial charge in [-0.3, -0.25) is 4.79 Å². The number of aliphatic hydroxyl groups excluding tert-OH is 1. The van der Waals surface area contributed by atoms with E-state index in [1.807, 2.05) is 0 Å². The number of rotatable bonds is 0. The molecule has 6 aliphatic rings. The van der Waals surface area contributed by atoms with Gasteiger partial charge in [-0.2, -0.15) is 0 Å². The minimum Gasteiger partial charge on any atom is -0.393 e. The molecule has 31 heavy (non-hydrogen) atoms. The van der Waals surface area contributed by atoms with Crippen LogP contribution in [-0.2, 0) is 9.53 Å². The summed E-state index contributed by atoms with van der Waals surface area (Å²) in [5.41, 5.74) is 3.43. The average molecular weight is 426 g/mol. The summed E-state index contributed by atoms with van der Waals surface area (Å²) >= 11 is 0. The zero-order valence-electron chi connectivity index (χ0n) is 19.6. The zero-order valence-corrected chi connectivity index (χ0v) is 19.6. The minimum absolute atomic E-state index is 0.0653. The van der Waals surface area contributed by atoms with E-state index in [0.717, 1.165) is 57.1 Å². The van der Waals surface area contributed by atoms with Gasteiger partial charge >= 0.3 is 0 Å². The summed E-state index contributed by atoms with van der Waals surface area (Å²) in [4.78, 5) is 14.1. The number of fused-ring (bicyclic) bond motifs is 6. The van der Waals surface area contributed by atoms with E-state index >= 15 is 0 Å². The number of ether oxygens (including phenoxy) is 1. The Morgan fingerprint density at radius 3 is 2.84 bits per heavy atom. The van der Waals surface area contributed by atoms with Crippen LogP contribution >= 0.6 is 0 Å². The molecule has 0 aromatic carbocycles. The topological polar surface area (TPSA) is 58.6 Å². The number of hydrogen-bond acceptors (Lipinski definition) is 4. The Hall–Kier alpha value is -0.970. The van der Waals surface area contributed by atoms with E-state index in [1.165, 1.54) is 11.1 Å². The highest BCUT2D eigenvalue weighted by molar-refractivity contribution is 6.02. The Balaban J connectivity index is 1.39. The van der Waals surface area contributed by atoms with Crippen LogP contribution in [0.5, 0.6) is 0 Å². The summed E-state index contributed by atoms with van der Waals surface area (Å²) in [6.07, 6.45) is 9.23. The first-order chi connectivity index (χ1) is 14.8. The first-order valence-electron chi connectivity index (χ1n) is 12.8. The third-order valence-corrected chi connectivity index (χ3v) is 10.6. The van der Waals surface area contributed by atoms with Crippen LogP contribution in [-0.4, -0.2) is 41.3 Å². The van der Waals surface area contributed by atoms with Gasteiger partial charge in [0.05, 0.1) is 17.8 Å². The number of aliphatic hydroxyl groups is 1. The summed E-state index contributed by atoms with van der Waals surface area (Å²) < 4.78 is 6.93. The fraction of sp³-hybridized carbons (Fsp3) is 0.815. The van der Waals surface area contributed by atoms with Crippen LogP contribution in [0.3, 0.4) is 0 Å². The van der Waals surface area contributed by atoms with Crippen molar-refractivity contribution in [3.05, 3.63) is 22.8 Å².